The molecule has 2 aliphatic heterocycles. The highest BCUT2D eigenvalue weighted by Gasteiger charge is 2.39. The summed E-state index contributed by atoms with van der Waals surface area (Å²) in [6.45, 7) is 8.96. The molecule has 2 aromatic heterocycles. The van der Waals surface area contributed by atoms with Crippen LogP contribution in [0.15, 0.2) is 79.6 Å². The predicted octanol–water partition coefficient (Wildman–Crippen LogP) is 5.37. The molecule has 2 saturated heterocycles. The number of Topliss-reactive ketones (excluding diaryl/α,β-unsaturated/α-hetero) is 1. The molecule has 0 aliphatic carbocycles. The van der Waals surface area contributed by atoms with E-state index in [9.17, 15) is 9.18 Å². The van der Waals surface area contributed by atoms with Crippen molar-refractivity contribution in [2.45, 2.75) is 44.4 Å². The van der Waals surface area contributed by atoms with E-state index >= 15 is 0 Å². The van der Waals surface area contributed by atoms with Crippen molar-refractivity contribution in [1.82, 2.24) is 24.7 Å². The van der Waals surface area contributed by atoms with E-state index in [1.165, 1.54) is 25.0 Å². The Bertz CT molecular complexity index is 1550. The number of nitrogens with one attached hydrogen (secondary N) is 1. The van der Waals surface area contributed by atoms with Crippen LogP contribution in [0.4, 0.5) is 4.39 Å². The van der Waals surface area contributed by atoms with Gasteiger partial charge in [-0.25, -0.2) is 4.39 Å². The molecule has 7 nitrogen and oxygen atoms in total. The lowest BCUT2D eigenvalue weighted by molar-refractivity contribution is 0.0586. The third-order valence-electron chi connectivity index (χ3n) is 8.64. The van der Waals surface area contributed by atoms with Gasteiger partial charge in [0.15, 0.2) is 5.78 Å². The third kappa shape index (κ3) is 5.96. The van der Waals surface area contributed by atoms with Crippen molar-refractivity contribution in [2.75, 3.05) is 33.3 Å². The minimum atomic E-state index is -0.242. The molecule has 0 spiro atoms. The van der Waals surface area contributed by atoms with Gasteiger partial charge in [-0.3, -0.25) is 19.6 Å². The molecule has 218 valence electrons. The minimum absolute atomic E-state index is 0.0969. The molecular formula is C34H38FN5O2. The molecule has 0 radical (unpaired) electrons. The first-order valence-electron chi connectivity index (χ1n) is 14.8. The normalized spacial score (nSPS) is 18.8. The summed E-state index contributed by atoms with van der Waals surface area (Å²) >= 11 is 0. The number of rotatable bonds is 12. The van der Waals surface area contributed by atoms with Crippen LogP contribution in [0, 0.1) is 5.82 Å². The van der Waals surface area contributed by atoms with Gasteiger partial charge in [0, 0.05) is 73.8 Å². The van der Waals surface area contributed by atoms with E-state index in [0.717, 1.165) is 66.1 Å². The van der Waals surface area contributed by atoms with Crippen molar-refractivity contribution in [3.05, 3.63) is 102 Å². The summed E-state index contributed by atoms with van der Waals surface area (Å²) in [7, 11) is 1.71. The van der Waals surface area contributed by atoms with Gasteiger partial charge in [-0.05, 0) is 55.2 Å². The van der Waals surface area contributed by atoms with Crippen LogP contribution in [0.25, 0.3) is 16.6 Å². The van der Waals surface area contributed by atoms with Gasteiger partial charge in [-0.15, -0.1) is 0 Å². The average Bonchev–Trinajstić information content (AvgIpc) is 3.49. The van der Waals surface area contributed by atoms with Crippen molar-refractivity contribution < 1.29 is 13.9 Å². The number of benzene rings is 2. The number of ketones is 1. The van der Waals surface area contributed by atoms with Crippen LogP contribution < -0.4 is 10.1 Å². The highest BCUT2D eigenvalue weighted by molar-refractivity contribution is 5.96. The Morgan fingerprint density at radius 1 is 1.07 bits per heavy atom. The van der Waals surface area contributed by atoms with Crippen molar-refractivity contribution in [2.24, 2.45) is 0 Å². The van der Waals surface area contributed by atoms with E-state index in [1.54, 1.807) is 25.4 Å². The van der Waals surface area contributed by atoms with E-state index in [-0.39, 0.29) is 11.6 Å². The second-order valence-corrected chi connectivity index (χ2v) is 11.4. The quantitative estimate of drug-likeness (QED) is 0.233. The Labute approximate surface area is 246 Å². The molecular weight excluding hydrogens is 529 g/mol. The lowest BCUT2D eigenvalue weighted by Gasteiger charge is -2.40. The van der Waals surface area contributed by atoms with Gasteiger partial charge in [0.25, 0.3) is 0 Å². The number of para-hydroxylation sites is 1. The molecule has 4 aromatic rings. The topological polar surface area (TPSA) is 62.6 Å². The van der Waals surface area contributed by atoms with Gasteiger partial charge >= 0.3 is 0 Å². The van der Waals surface area contributed by atoms with E-state index in [1.807, 2.05) is 30.3 Å². The first kappa shape index (κ1) is 28.1. The fourth-order valence-electron chi connectivity index (χ4n) is 6.67. The molecule has 2 fully saturated rings. The minimum Gasteiger partial charge on any atom is -0.495 e. The van der Waals surface area contributed by atoms with Gasteiger partial charge in [-0.1, -0.05) is 36.9 Å². The van der Waals surface area contributed by atoms with Gasteiger partial charge in [0.1, 0.15) is 17.3 Å². The number of hydrogen-bond acceptors (Lipinski definition) is 6. The zero-order valence-electron chi connectivity index (χ0n) is 24.1. The maximum atomic E-state index is 13.7. The Kier molecular flexibility index (Phi) is 8.35. The summed E-state index contributed by atoms with van der Waals surface area (Å²) in [5.41, 5.74) is 4.29. The number of ether oxygens (including phenoxy) is 1. The summed E-state index contributed by atoms with van der Waals surface area (Å²) in [4.78, 5) is 21.9. The van der Waals surface area contributed by atoms with Gasteiger partial charge in [-0.2, -0.15) is 0 Å². The largest absolute Gasteiger partial charge is 0.495 e. The van der Waals surface area contributed by atoms with Crippen LogP contribution in [0.1, 0.15) is 40.9 Å². The number of hydrogen-bond donors (Lipinski definition) is 1. The Morgan fingerprint density at radius 3 is 2.62 bits per heavy atom. The lowest BCUT2D eigenvalue weighted by Crippen LogP contribution is -2.54. The van der Waals surface area contributed by atoms with Crippen molar-refractivity contribution in [1.29, 1.82) is 0 Å². The number of methoxy groups -OCH3 is 1. The molecule has 2 unspecified atom stereocenters. The molecule has 0 amide bonds. The van der Waals surface area contributed by atoms with Crippen LogP contribution in [0.5, 0.6) is 5.75 Å². The number of aryl methyl sites for hydroxylation is 1. The lowest BCUT2D eigenvalue weighted by atomic mass is 10.1. The molecule has 6 rings (SSSR count). The fourth-order valence-corrected chi connectivity index (χ4v) is 6.67. The molecule has 0 saturated carbocycles. The first-order chi connectivity index (χ1) is 20.5. The maximum Gasteiger partial charge on any atom is 0.195 e. The summed E-state index contributed by atoms with van der Waals surface area (Å²) in [6, 6.07) is 19.2. The van der Waals surface area contributed by atoms with Gasteiger partial charge in [0.05, 0.1) is 19.2 Å². The molecule has 2 atom stereocenters. The highest BCUT2D eigenvalue weighted by atomic mass is 19.1. The van der Waals surface area contributed by atoms with Crippen molar-refractivity contribution in [3.63, 3.8) is 0 Å². The second kappa shape index (κ2) is 12.5. The zero-order chi connectivity index (χ0) is 29.1. The average molecular weight is 568 g/mol. The smallest absolute Gasteiger partial charge is 0.195 e. The summed E-state index contributed by atoms with van der Waals surface area (Å²) in [5, 5.41) is 4.47. The Morgan fingerprint density at radius 2 is 1.88 bits per heavy atom. The fraction of sp³-hybridized carbons (Fsp3) is 0.353. The van der Waals surface area contributed by atoms with Crippen LogP contribution in [0.2, 0.25) is 0 Å². The molecule has 42 heavy (non-hydrogen) atoms. The van der Waals surface area contributed by atoms with Gasteiger partial charge in [0.2, 0.25) is 0 Å². The van der Waals surface area contributed by atoms with E-state index < -0.39 is 0 Å². The summed E-state index contributed by atoms with van der Waals surface area (Å²) in [5.74, 6) is 0.691. The number of fused-ring (bicyclic) bond motifs is 3. The highest BCUT2D eigenvalue weighted by Crippen LogP contribution is 2.34. The molecule has 2 bridgehead atoms. The zero-order valence-corrected chi connectivity index (χ0v) is 24.1. The number of nitrogens with zero attached hydrogens (tertiary/aromatic N) is 4. The monoisotopic (exact) mass is 567 g/mol. The standard InChI is InChI=1S/C34H38FN5O2/c1-24(37-19-25-8-5-9-26(35)18-25)30-22-39(34-29(30)10-6-12-33(34)42-2)16-7-17-40-27-13-14-28(40)21-38(20-27)23-32(41)31-11-3-4-15-36-31/h3-6,8-12,15,18,22,27-28,37H,1,7,13-14,16-17,19-21,23H2,2H3. The number of halogens is 1. The molecule has 2 aliphatic rings. The van der Waals surface area contributed by atoms with Crippen molar-refractivity contribution in [3.8, 4) is 5.75 Å². The number of carbonyl (C=O) groups excluding carboxylic acids is 1. The SMILES string of the molecule is C=C(NCc1cccc(F)c1)c1cn(CCCN2C3CCC2CN(CC(=O)c2ccccn2)C3)c2c(OC)cccc12. The molecule has 8 heteroatoms. The number of piperazine rings is 1. The first-order valence-corrected chi connectivity index (χ1v) is 14.8. The molecule has 1 N–H and O–H groups in total. The van der Waals surface area contributed by atoms with E-state index in [4.69, 9.17) is 4.74 Å². The van der Waals surface area contributed by atoms with E-state index in [0.29, 0.717) is 30.9 Å². The number of aromatic nitrogens is 2. The third-order valence-corrected chi connectivity index (χ3v) is 8.64. The van der Waals surface area contributed by atoms with Crippen molar-refractivity contribution >= 4 is 22.4 Å². The predicted molar refractivity (Wildman–Crippen MR) is 164 cm³/mol. The summed E-state index contributed by atoms with van der Waals surface area (Å²) < 4.78 is 21.7. The molecule has 2 aromatic carbocycles. The Balaban J connectivity index is 1.10. The number of carbonyl (C=O) groups is 1. The van der Waals surface area contributed by atoms with Gasteiger partial charge < -0.3 is 14.6 Å². The second-order valence-electron chi connectivity index (χ2n) is 11.4. The van der Waals surface area contributed by atoms with E-state index in [2.05, 4.69) is 43.5 Å². The van der Waals surface area contributed by atoms with Crippen LogP contribution in [-0.4, -0.2) is 70.5 Å². The summed E-state index contributed by atoms with van der Waals surface area (Å²) in [6.07, 6.45) is 7.20. The number of likely N-dealkylation sites (tertiary alicyclic amines) is 1. The Hall–Kier alpha value is -4.01. The van der Waals surface area contributed by atoms with Crippen LogP contribution in [-0.2, 0) is 13.1 Å². The number of pyridine rings is 1. The van der Waals surface area contributed by atoms with Crippen LogP contribution >= 0.6 is 0 Å². The maximum absolute atomic E-state index is 13.7. The van der Waals surface area contributed by atoms with Crippen LogP contribution in [0.3, 0.4) is 0 Å². The molecule has 4 heterocycles.